The minimum Gasteiger partial charge on any atom is -0.480 e. The summed E-state index contributed by atoms with van der Waals surface area (Å²) in [7, 11) is 1.46. The lowest BCUT2D eigenvalue weighted by molar-refractivity contribution is 0.367. The molecule has 0 unspecified atom stereocenters. The summed E-state index contributed by atoms with van der Waals surface area (Å²) in [6, 6.07) is 4.07. The topological polar surface area (TPSA) is 70.3 Å². The molecular formula is C11H9BrFN3O2. The molecule has 18 heavy (non-hydrogen) atoms. The Morgan fingerprint density at radius 1 is 1.39 bits per heavy atom. The average molecular weight is 314 g/mol. The fraction of sp³-hybridized carbons (Fsp3) is 0.0909. The first-order valence-electron chi connectivity index (χ1n) is 4.89. The summed E-state index contributed by atoms with van der Waals surface area (Å²) in [4.78, 5) is 7.84. The predicted octanol–water partition coefficient (Wildman–Crippen LogP) is 2.76. The van der Waals surface area contributed by atoms with Crippen LogP contribution in [0, 0.1) is 5.82 Å². The molecule has 1 aromatic carbocycles. The Kier molecular flexibility index (Phi) is 3.61. The third kappa shape index (κ3) is 2.67. The SMILES string of the molecule is COc1nc(Oc2ccc(N)cc2F)ncc1Br. The Balaban J connectivity index is 2.28. The second-order valence-corrected chi connectivity index (χ2v) is 4.16. The molecular weight excluding hydrogens is 305 g/mol. The number of methoxy groups -OCH3 is 1. The van der Waals surface area contributed by atoms with E-state index >= 15 is 0 Å². The molecule has 0 aliphatic heterocycles. The zero-order chi connectivity index (χ0) is 13.1. The van der Waals surface area contributed by atoms with Gasteiger partial charge in [0.05, 0.1) is 17.8 Å². The standard InChI is InChI=1S/C11H9BrFN3O2/c1-17-10-7(12)5-15-11(16-10)18-9-3-2-6(14)4-8(9)13/h2-5H,14H2,1H3. The van der Waals surface area contributed by atoms with Gasteiger partial charge in [0.15, 0.2) is 11.6 Å². The number of benzene rings is 1. The maximum Gasteiger partial charge on any atom is 0.325 e. The number of halogens is 2. The lowest BCUT2D eigenvalue weighted by Gasteiger charge is -2.07. The first-order valence-corrected chi connectivity index (χ1v) is 5.69. The zero-order valence-corrected chi connectivity index (χ0v) is 10.9. The van der Waals surface area contributed by atoms with Crippen molar-refractivity contribution in [2.24, 2.45) is 0 Å². The van der Waals surface area contributed by atoms with E-state index in [0.29, 0.717) is 16.0 Å². The smallest absolute Gasteiger partial charge is 0.325 e. The summed E-state index contributed by atoms with van der Waals surface area (Å²) in [6.07, 6.45) is 1.45. The third-order valence-corrected chi connectivity index (χ3v) is 2.58. The summed E-state index contributed by atoms with van der Waals surface area (Å²) in [5, 5.41) is 0. The van der Waals surface area contributed by atoms with E-state index in [2.05, 4.69) is 25.9 Å². The van der Waals surface area contributed by atoms with Gasteiger partial charge >= 0.3 is 6.01 Å². The van der Waals surface area contributed by atoms with Crippen LogP contribution < -0.4 is 15.2 Å². The molecule has 0 amide bonds. The quantitative estimate of drug-likeness (QED) is 0.882. The van der Waals surface area contributed by atoms with Crippen LogP contribution in [0.1, 0.15) is 0 Å². The van der Waals surface area contributed by atoms with Gasteiger partial charge in [-0.05, 0) is 28.1 Å². The van der Waals surface area contributed by atoms with Crippen molar-refractivity contribution in [1.82, 2.24) is 9.97 Å². The molecule has 1 heterocycles. The number of ether oxygens (including phenoxy) is 2. The minimum atomic E-state index is -0.583. The molecule has 7 heteroatoms. The molecule has 0 spiro atoms. The molecule has 1 aromatic heterocycles. The van der Waals surface area contributed by atoms with Crippen LogP contribution >= 0.6 is 15.9 Å². The van der Waals surface area contributed by atoms with E-state index in [1.54, 1.807) is 0 Å². The van der Waals surface area contributed by atoms with Crippen LogP contribution in [-0.4, -0.2) is 17.1 Å². The number of nitrogens with two attached hydrogens (primary N) is 1. The Labute approximate surface area is 111 Å². The molecule has 2 rings (SSSR count). The van der Waals surface area contributed by atoms with Gasteiger partial charge in [-0.15, -0.1) is 0 Å². The summed E-state index contributed by atoms with van der Waals surface area (Å²) in [5.41, 5.74) is 5.75. The average Bonchev–Trinajstić information content (AvgIpc) is 2.35. The minimum absolute atomic E-state index is 0.00595. The van der Waals surface area contributed by atoms with Crippen LogP contribution in [0.5, 0.6) is 17.6 Å². The van der Waals surface area contributed by atoms with E-state index < -0.39 is 5.82 Å². The van der Waals surface area contributed by atoms with Gasteiger partial charge in [-0.2, -0.15) is 4.98 Å². The second-order valence-electron chi connectivity index (χ2n) is 3.30. The largest absolute Gasteiger partial charge is 0.480 e. The highest BCUT2D eigenvalue weighted by molar-refractivity contribution is 9.10. The summed E-state index contributed by atoms with van der Waals surface area (Å²) in [5.74, 6) is -0.287. The highest BCUT2D eigenvalue weighted by atomic mass is 79.9. The van der Waals surface area contributed by atoms with Crippen molar-refractivity contribution in [1.29, 1.82) is 0 Å². The van der Waals surface area contributed by atoms with Gasteiger partial charge in [-0.25, -0.2) is 9.37 Å². The van der Waals surface area contributed by atoms with E-state index in [4.69, 9.17) is 15.2 Å². The van der Waals surface area contributed by atoms with Gasteiger partial charge in [0.25, 0.3) is 0 Å². The van der Waals surface area contributed by atoms with E-state index in [1.165, 1.54) is 25.4 Å². The molecule has 0 aliphatic carbocycles. The number of hydrogen-bond donors (Lipinski definition) is 1. The Morgan fingerprint density at radius 2 is 2.17 bits per heavy atom. The number of anilines is 1. The normalized spacial score (nSPS) is 10.2. The monoisotopic (exact) mass is 313 g/mol. The molecule has 0 atom stereocenters. The molecule has 0 saturated carbocycles. The Hall–Kier alpha value is -1.89. The molecule has 0 fully saturated rings. The highest BCUT2D eigenvalue weighted by Gasteiger charge is 2.10. The number of nitrogens with zero attached hydrogens (tertiary/aromatic N) is 2. The van der Waals surface area contributed by atoms with Crippen molar-refractivity contribution >= 4 is 21.6 Å². The predicted molar refractivity (Wildman–Crippen MR) is 67.2 cm³/mol. The van der Waals surface area contributed by atoms with E-state index in [9.17, 15) is 4.39 Å². The van der Waals surface area contributed by atoms with Gasteiger partial charge in [0, 0.05) is 11.8 Å². The summed E-state index contributed by atoms with van der Waals surface area (Å²) in [6.45, 7) is 0. The summed E-state index contributed by atoms with van der Waals surface area (Å²) < 4.78 is 24.3. The summed E-state index contributed by atoms with van der Waals surface area (Å²) >= 11 is 3.20. The van der Waals surface area contributed by atoms with E-state index in [-0.39, 0.29) is 11.8 Å². The van der Waals surface area contributed by atoms with Crippen molar-refractivity contribution in [3.8, 4) is 17.6 Å². The van der Waals surface area contributed by atoms with Crippen LogP contribution in [0.25, 0.3) is 0 Å². The van der Waals surface area contributed by atoms with Crippen molar-refractivity contribution in [3.05, 3.63) is 34.7 Å². The van der Waals surface area contributed by atoms with E-state index in [1.807, 2.05) is 0 Å². The molecule has 0 saturated heterocycles. The van der Waals surface area contributed by atoms with Gasteiger partial charge in [-0.3, -0.25) is 0 Å². The lowest BCUT2D eigenvalue weighted by Crippen LogP contribution is -1.97. The van der Waals surface area contributed by atoms with Crippen LogP contribution in [-0.2, 0) is 0 Å². The van der Waals surface area contributed by atoms with Crippen molar-refractivity contribution in [2.75, 3.05) is 12.8 Å². The first kappa shape index (κ1) is 12.6. The number of aromatic nitrogens is 2. The number of hydrogen-bond acceptors (Lipinski definition) is 5. The molecule has 2 aromatic rings. The van der Waals surface area contributed by atoms with Gasteiger partial charge < -0.3 is 15.2 Å². The van der Waals surface area contributed by atoms with Crippen LogP contribution in [0.15, 0.2) is 28.9 Å². The van der Waals surface area contributed by atoms with Crippen molar-refractivity contribution < 1.29 is 13.9 Å². The van der Waals surface area contributed by atoms with Crippen molar-refractivity contribution in [3.63, 3.8) is 0 Å². The number of rotatable bonds is 3. The molecule has 0 aliphatic rings. The molecule has 5 nitrogen and oxygen atoms in total. The fourth-order valence-electron chi connectivity index (χ4n) is 1.23. The highest BCUT2D eigenvalue weighted by Crippen LogP contribution is 2.27. The van der Waals surface area contributed by atoms with Gasteiger partial charge in [0.2, 0.25) is 5.88 Å². The molecule has 0 radical (unpaired) electrons. The van der Waals surface area contributed by atoms with Crippen LogP contribution in [0.3, 0.4) is 0 Å². The van der Waals surface area contributed by atoms with Crippen molar-refractivity contribution in [2.45, 2.75) is 0 Å². The van der Waals surface area contributed by atoms with Gasteiger partial charge in [0.1, 0.15) is 0 Å². The number of nitrogen functional groups attached to an aromatic ring is 1. The zero-order valence-electron chi connectivity index (χ0n) is 9.35. The molecule has 0 bridgehead atoms. The molecule has 2 N–H and O–H groups in total. The Bertz CT molecular complexity index is 580. The molecule has 94 valence electrons. The maximum absolute atomic E-state index is 13.5. The third-order valence-electron chi connectivity index (χ3n) is 2.04. The van der Waals surface area contributed by atoms with Crippen LogP contribution in [0.4, 0.5) is 10.1 Å². The van der Waals surface area contributed by atoms with Crippen LogP contribution in [0.2, 0.25) is 0 Å². The van der Waals surface area contributed by atoms with Gasteiger partial charge in [-0.1, -0.05) is 0 Å². The Morgan fingerprint density at radius 3 is 2.83 bits per heavy atom. The maximum atomic E-state index is 13.5. The second kappa shape index (κ2) is 5.18. The first-order chi connectivity index (χ1) is 8.60. The fourth-order valence-corrected chi connectivity index (χ4v) is 1.58. The van der Waals surface area contributed by atoms with E-state index in [0.717, 1.165) is 6.07 Å². The lowest BCUT2D eigenvalue weighted by atomic mass is 10.3.